The number of carbonyl (C=O) groups excluding carboxylic acids is 1. The summed E-state index contributed by atoms with van der Waals surface area (Å²) in [5.74, 6) is 0.722. The topological polar surface area (TPSA) is 55.1 Å². The Balaban J connectivity index is 2.34. The van der Waals surface area contributed by atoms with E-state index in [4.69, 9.17) is 27.7 Å². The average Bonchev–Trinajstić information content (AvgIpc) is 2.80. The fourth-order valence-electron chi connectivity index (χ4n) is 2.10. The standard InChI is InChI=1S/C16H18Cl2N2O2/c1-9(2)7-8-19-16(21)13-10(3)22-20-15(13)14-11(17)5-4-6-12(14)18/h4-6,9H,7-8H2,1-3H3,(H,19,21). The van der Waals surface area contributed by atoms with Gasteiger partial charge in [0.05, 0.1) is 10.0 Å². The molecule has 1 amide bonds. The molecule has 1 heterocycles. The predicted octanol–water partition coefficient (Wildman–Crippen LogP) is 4.73. The van der Waals surface area contributed by atoms with Gasteiger partial charge in [0.2, 0.25) is 0 Å². The number of nitrogens with one attached hydrogen (secondary N) is 1. The van der Waals surface area contributed by atoms with Crippen molar-refractivity contribution >= 4 is 29.1 Å². The molecule has 0 radical (unpaired) electrons. The lowest BCUT2D eigenvalue weighted by molar-refractivity contribution is 0.0951. The van der Waals surface area contributed by atoms with Gasteiger partial charge in [0.25, 0.3) is 5.91 Å². The normalized spacial score (nSPS) is 11.0. The van der Waals surface area contributed by atoms with Crippen molar-refractivity contribution in [1.82, 2.24) is 10.5 Å². The SMILES string of the molecule is Cc1onc(-c2c(Cl)cccc2Cl)c1C(=O)NCCC(C)C. The zero-order valence-corrected chi connectivity index (χ0v) is 14.3. The van der Waals surface area contributed by atoms with Crippen LogP contribution >= 0.6 is 23.2 Å². The number of aromatic nitrogens is 1. The van der Waals surface area contributed by atoms with E-state index in [0.29, 0.717) is 45.1 Å². The number of rotatable bonds is 5. The van der Waals surface area contributed by atoms with E-state index in [2.05, 4.69) is 24.3 Å². The molecule has 0 saturated heterocycles. The van der Waals surface area contributed by atoms with Gasteiger partial charge in [-0.15, -0.1) is 0 Å². The predicted molar refractivity (Wildman–Crippen MR) is 88.5 cm³/mol. The van der Waals surface area contributed by atoms with Crippen molar-refractivity contribution in [1.29, 1.82) is 0 Å². The van der Waals surface area contributed by atoms with Crippen molar-refractivity contribution < 1.29 is 9.32 Å². The highest BCUT2D eigenvalue weighted by molar-refractivity contribution is 6.39. The van der Waals surface area contributed by atoms with Crippen LogP contribution in [0.5, 0.6) is 0 Å². The van der Waals surface area contributed by atoms with Crippen LogP contribution in [-0.4, -0.2) is 17.6 Å². The minimum Gasteiger partial charge on any atom is -0.360 e. The monoisotopic (exact) mass is 340 g/mol. The van der Waals surface area contributed by atoms with Gasteiger partial charge in [-0.05, 0) is 31.4 Å². The van der Waals surface area contributed by atoms with E-state index in [-0.39, 0.29) is 5.91 Å². The fraction of sp³-hybridized carbons (Fsp3) is 0.375. The maximum atomic E-state index is 12.4. The number of carbonyl (C=O) groups is 1. The van der Waals surface area contributed by atoms with Gasteiger partial charge in [-0.25, -0.2) is 0 Å². The highest BCUT2D eigenvalue weighted by atomic mass is 35.5. The third-order valence-corrected chi connectivity index (χ3v) is 3.93. The quantitative estimate of drug-likeness (QED) is 0.855. The van der Waals surface area contributed by atoms with Crippen molar-refractivity contribution in [3.8, 4) is 11.3 Å². The van der Waals surface area contributed by atoms with Gasteiger partial charge in [-0.3, -0.25) is 4.79 Å². The molecule has 2 rings (SSSR count). The molecule has 0 aliphatic rings. The number of amides is 1. The Kier molecular flexibility index (Phi) is 5.48. The first-order valence-electron chi connectivity index (χ1n) is 7.10. The van der Waals surface area contributed by atoms with Crippen molar-refractivity contribution in [2.45, 2.75) is 27.2 Å². The van der Waals surface area contributed by atoms with Crippen LogP contribution in [0.2, 0.25) is 10.0 Å². The van der Waals surface area contributed by atoms with Gasteiger partial charge in [-0.2, -0.15) is 0 Å². The zero-order valence-electron chi connectivity index (χ0n) is 12.7. The van der Waals surface area contributed by atoms with Crippen molar-refractivity contribution in [2.75, 3.05) is 6.54 Å². The van der Waals surface area contributed by atoms with Crippen LogP contribution in [0, 0.1) is 12.8 Å². The van der Waals surface area contributed by atoms with Crippen LogP contribution in [0.25, 0.3) is 11.3 Å². The number of hydrogen-bond donors (Lipinski definition) is 1. The number of benzene rings is 1. The van der Waals surface area contributed by atoms with Crippen LogP contribution in [0.4, 0.5) is 0 Å². The van der Waals surface area contributed by atoms with E-state index < -0.39 is 0 Å². The number of nitrogens with zero attached hydrogens (tertiary/aromatic N) is 1. The van der Waals surface area contributed by atoms with Crippen molar-refractivity contribution in [2.24, 2.45) is 5.92 Å². The van der Waals surface area contributed by atoms with Gasteiger partial charge in [-0.1, -0.05) is 48.3 Å². The van der Waals surface area contributed by atoms with E-state index >= 15 is 0 Å². The van der Waals surface area contributed by atoms with E-state index in [9.17, 15) is 4.79 Å². The van der Waals surface area contributed by atoms with Crippen molar-refractivity contribution in [3.05, 3.63) is 39.6 Å². The second kappa shape index (κ2) is 7.16. The summed E-state index contributed by atoms with van der Waals surface area (Å²) in [7, 11) is 0. The number of halogens is 2. The molecular weight excluding hydrogens is 323 g/mol. The molecule has 22 heavy (non-hydrogen) atoms. The highest BCUT2D eigenvalue weighted by Crippen LogP contribution is 2.36. The van der Waals surface area contributed by atoms with E-state index in [1.54, 1.807) is 25.1 Å². The molecule has 2 aromatic rings. The molecule has 0 unspecified atom stereocenters. The Labute approximate surface area is 139 Å². The minimum atomic E-state index is -0.231. The molecular formula is C16H18Cl2N2O2. The summed E-state index contributed by atoms with van der Waals surface area (Å²) in [5.41, 5.74) is 1.26. The summed E-state index contributed by atoms with van der Waals surface area (Å²) < 4.78 is 5.18. The molecule has 118 valence electrons. The molecule has 6 heteroatoms. The molecule has 0 bridgehead atoms. The van der Waals surface area contributed by atoms with Crippen LogP contribution in [0.15, 0.2) is 22.7 Å². The zero-order chi connectivity index (χ0) is 16.3. The lowest BCUT2D eigenvalue weighted by Gasteiger charge is -2.09. The van der Waals surface area contributed by atoms with Crippen LogP contribution in [-0.2, 0) is 0 Å². The summed E-state index contributed by atoms with van der Waals surface area (Å²) in [4.78, 5) is 12.4. The maximum absolute atomic E-state index is 12.4. The average molecular weight is 341 g/mol. The molecule has 0 saturated carbocycles. The Hall–Kier alpha value is -1.52. The van der Waals surface area contributed by atoms with Crippen LogP contribution < -0.4 is 5.32 Å². The van der Waals surface area contributed by atoms with Gasteiger partial charge in [0, 0.05) is 12.1 Å². The first-order chi connectivity index (χ1) is 10.4. The van der Waals surface area contributed by atoms with E-state index in [1.807, 2.05) is 0 Å². The molecule has 4 nitrogen and oxygen atoms in total. The Morgan fingerprint density at radius 2 is 1.95 bits per heavy atom. The Morgan fingerprint density at radius 1 is 1.32 bits per heavy atom. The second-order valence-corrected chi connectivity index (χ2v) is 6.31. The molecule has 0 fully saturated rings. The summed E-state index contributed by atoms with van der Waals surface area (Å²) >= 11 is 12.4. The fourth-order valence-corrected chi connectivity index (χ4v) is 2.67. The van der Waals surface area contributed by atoms with E-state index in [1.165, 1.54) is 0 Å². The van der Waals surface area contributed by atoms with E-state index in [0.717, 1.165) is 6.42 Å². The first kappa shape index (κ1) is 16.8. The molecule has 0 spiro atoms. The summed E-state index contributed by atoms with van der Waals surface area (Å²) in [6.45, 7) is 6.49. The van der Waals surface area contributed by atoms with Gasteiger partial charge < -0.3 is 9.84 Å². The van der Waals surface area contributed by atoms with Gasteiger partial charge in [0.1, 0.15) is 17.0 Å². The molecule has 0 aliphatic carbocycles. The molecule has 0 atom stereocenters. The minimum absolute atomic E-state index is 0.231. The summed E-state index contributed by atoms with van der Waals surface area (Å²) in [6.07, 6.45) is 0.901. The number of aryl methyl sites for hydroxylation is 1. The van der Waals surface area contributed by atoms with Crippen LogP contribution in [0.3, 0.4) is 0 Å². The Bertz CT molecular complexity index is 661. The number of hydrogen-bond acceptors (Lipinski definition) is 3. The third-order valence-electron chi connectivity index (χ3n) is 3.30. The Morgan fingerprint density at radius 3 is 2.55 bits per heavy atom. The largest absolute Gasteiger partial charge is 0.360 e. The van der Waals surface area contributed by atoms with Crippen molar-refractivity contribution in [3.63, 3.8) is 0 Å². The van der Waals surface area contributed by atoms with Gasteiger partial charge in [0.15, 0.2) is 0 Å². The maximum Gasteiger partial charge on any atom is 0.257 e. The molecule has 1 aromatic heterocycles. The van der Waals surface area contributed by atoms with Crippen LogP contribution in [0.1, 0.15) is 36.4 Å². The third kappa shape index (κ3) is 3.62. The first-order valence-corrected chi connectivity index (χ1v) is 7.86. The lowest BCUT2D eigenvalue weighted by atomic mass is 10.1. The lowest BCUT2D eigenvalue weighted by Crippen LogP contribution is -2.26. The highest BCUT2D eigenvalue weighted by Gasteiger charge is 2.24. The second-order valence-electron chi connectivity index (χ2n) is 5.50. The smallest absolute Gasteiger partial charge is 0.257 e. The molecule has 1 aromatic carbocycles. The molecule has 1 N–H and O–H groups in total. The summed E-state index contributed by atoms with van der Waals surface area (Å²) in [6, 6.07) is 5.14. The summed E-state index contributed by atoms with van der Waals surface area (Å²) in [5, 5.41) is 7.70. The molecule has 0 aliphatic heterocycles. The van der Waals surface area contributed by atoms with Gasteiger partial charge >= 0.3 is 0 Å².